The average molecular weight is 226 g/mol. The van der Waals surface area contributed by atoms with Crippen LogP contribution in [0.2, 0.25) is 0 Å². The molecule has 4 aliphatic rings. The van der Waals surface area contributed by atoms with Crippen molar-refractivity contribution in [3.8, 4) is 0 Å². The summed E-state index contributed by atoms with van der Waals surface area (Å²) in [5, 5.41) is 0. The normalized spacial score (nSPS) is 49.1. The zero-order valence-corrected chi connectivity index (χ0v) is 9.00. The van der Waals surface area contributed by atoms with E-state index in [1.807, 2.05) is 0 Å². The van der Waals surface area contributed by atoms with E-state index < -0.39 is 6.29 Å². The highest BCUT2D eigenvalue weighted by molar-refractivity contribution is 5.73. The van der Waals surface area contributed by atoms with Gasteiger partial charge in [0.05, 0.1) is 7.11 Å². The Kier molecular flexibility index (Phi) is 2.27. The minimum Gasteiger partial charge on any atom is -0.469 e. The molecule has 5 heteroatoms. The van der Waals surface area contributed by atoms with Crippen molar-refractivity contribution in [2.24, 2.45) is 17.8 Å². The molecule has 0 unspecified atom stereocenters. The van der Waals surface area contributed by atoms with Gasteiger partial charge in [0, 0.05) is 12.3 Å². The summed E-state index contributed by atoms with van der Waals surface area (Å²) in [6, 6.07) is 0. The Labute approximate surface area is 93.3 Å². The number of ether oxygens (including phenoxy) is 4. The van der Waals surface area contributed by atoms with Crippen LogP contribution in [0.5, 0.6) is 0 Å². The molecule has 88 valence electrons. The lowest BCUT2D eigenvalue weighted by Gasteiger charge is -2.55. The van der Waals surface area contributed by atoms with Crippen molar-refractivity contribution in [2.45, 2.75) is 25.3 Å². The van der Waals surface area contributed by atoms with Crippen LogP contribution in [0.1, 0.15) is 6.42 Å². The first kappa shape index (κ1) is 10.3. The highest BCUT2D eigenvalue weighted by Gasteiger charge is 2.58. The van der Waals surface area contributed by atoms with Crippen LogP contribution in [0.25, 0.3) is 0 Å². The molecule has 4 bridgehead atoms. The molecule has 0 aliphatic carbocycles. The van der Waals surface area contributed by atoms with Gasteiger partial charge >= 0.3 is 5.97 Å². The number of rotatable bonds is 2. The molecule has 4 rings (SSSR count). The molecular formula is C11H14O5. The van der Waals surface area contributed by atoms with Crippen molar-refractivity contribution < 1.29 is 23.7 Å². The third-order valence-electron chi connectivity index (χ3n) is 3.61. The second-order valence-corrected chi connectivity index (χ2v) is 4.34. The lowest BCUT2D eigenvalue weighted by molar-refractivity contribution is -0.455. The molecule has 0 aromatic carbocycles. The molecular weight excluding hydrogens is 212 g/mol. The predicted octanol–water partition coefficient (Wildman–Crippen LogP) is 0.653. The van der Waals surface area contributed by atoms with Gasteiger partial charge in [-0.25, -0.2) is 0 Å². The van der Waals surface area contributed by atoms with Crippen molar-refractivity contribution in [1.29, 1.82) is 0 Å². The maximum Gasteiger partial charge on any atom is 0.314 e. The van der Waals surface area contributed by atoms with E-state index in [0.29, 0.717) is 6.42 Å². The van der Waals surface area contributed by atoms with Crippen molar-refractivity contribution in [3.63, 3.8) is 0 Å². The molecule has 0 aromatic heterocycles. The quantitative estimate of drug-likeness (QED) is 0.511. The zero-order valence-electron chi connectivity index (χ0n) is 9.00. The van der Waals surface area contributed by atoms with Gasteiger partial charge in [0.1, 0.15) is 5.92 Å². The molecule has 4 saturated heterocycles. The molecule has 0 N–H and O–H groups in total. The van der Waals surface area contributed by atoms with Gasteiger partial charge in [-0.1, -0.05) is 6.08 Å². The molecule has 4 fully saturated rings. The summed E-state index contributed by atoms with van der Waals surface area (Å²) in [5.41, 5.74) is 0. The first-order valence-corrected chi connectivity index (χ1v) is 5.41. The van der Waals surface area contributed by atoms with Gasteiger partial charge in [0.15, 0.2) is 18.9 Å². The average Bonchev–Trinajstić information content (AvgIpc) is 2.28. The Hall–Kier alpha value is -0.910. The van der Waals surface area contributed by atoms with Gasteiger partial charge < -0.3 is 18.9 Å². The first-order chi connectivity index (χ1) is 7.74. The third kappa shape index (κ3) is 1.25. The molecule has 4 aliphatic heterocycles. The minimum absolute atomic E-state index is 0.0421. The van der Waals surface area contributed by atoms with E-state index in [0.717, 1.165) is 0 Å². The number of esters is 1. The number of methoxy groups -OCH3 is 1. The third-order valence-corrected chi connectivity index (χ3v) is 3.61. The van der Waals surface area contributed by atoms with Crippen LogP contribution >= 0.6 is 0 Å². The van der Waals surface area contributed by atoms with E-state index in [9.17, 15) is 4.79 Å². The van der Waals surface area contributed by atoms with E-state index in [2.05, 4.69) is 6.58 Å². The fourth-order valence-electron chi connectivity index (χ4n) is 2.87. The second-order valence-electron chi connectivity index (χ2n) is 4.34. The number of carbonyl (C=O) groups excluding carboxylic acids is 1. The number of hydrogen-bond acceptors (Lipinski definition) is 5. The van der Waals surface area contributed by atoms with Crippen LogP contribution in [-0.2, 0) is 23.7 Å². The van der Waals surface area contributed by atoms with Crippen molar-refractivity contribution in [3.05, 3.63) is 12.7 Å². The Bertz CT molecular complexity index is 328. The summed E-state index contributed by atoms with van der Waals surface area (Å²) in [6.07, 6.45) is 1.41. The van der Waals surface area contributed by atoms with Crippen LogP contribution in [0.15, 0.2) is 12.7 Å². The van der Waals surface area contributed by atoms with Gasteiger partial charge in [-0.15, -0.1) is 6.58 Å². The van der Waals surface area contributed by atoms with E-state index in [1.165, 1.54) is 7.11 Å². The predicted molar refractivity (Wildman–Crippen MR) is 51.9 cm³/mol. The van der Waals surface area contributed by atoms with E-state index >= 15 is 0 Å². The summed E-state index contributed by atoms with van der Waals surface area (Å²) < 4.78 is 21.3. The fourth-order valence-corrected chi connectivity index (χ4v) is 2.87. The van der Waals surface area contributed by atoms with Crippen LogP contribution in [0, 0.1) is 17.8 Å². The molecule has 5 nitrogen and oxygen atoms in total. The number of carbonyl (C=O) groups is 1. The summed E-state index contributed by atoms with van der Waals surface area (Å²) >= 11 is 0. The van der Waals surface area contributed by atoms with E-state index in [1.54, 1.807) is 6.08 Å². The van der Waals surface area contributed by atoms with Gasteiger partial charge in [0.25, 0.3) is 0 Å². The molecule has 16 heavy (non-hydrogen) atoms. The highest BCUT2D eigenvalue weighted by Crippen LogP contribution is 2.49. The molecule has 0 aromatic rings. The Morgan fingerprint density at radius 3 is 2.81 bits per heavy atom. The van der Waals surface area contributed by atoms with Crippen LogP contribution < -0.4 is 0 Å². The smallest absolute Gasteiger partial charge is 0.314 e. The van der Waals surface area contributed by atoms with E-state index in [-0.39, 0.29) is 36.3 Å². The lowest BCUT2D eigenvalue weighted by atomic mass is 9.73. The summed E-state index contributed by atoms with van der Waals surface area (Å²) in [6.45, 7) is 3.77. The summed E-state index contributed by atoms with van der Waals surface area (Å²) in [5.74, 6) is -0.438. The van der Waals surface area contributed by atoms with Crippen LogP contribution in [0.3, 0.4) is 0 Å². The first-order valence-electron chi connectivity index (χ1n) is 5.41. The van der Waals surface area contributed by atoms with Gasteiger partial charge in [-0.05, 0) is 5.92 Å². The molecule has 0 saturated carbocycles. The maximum atomic E-state index is 11.7. The van der Waals surface area contributed by atoms with Gasteiger partial charge in [-0.2, -0.15) is 0 Å². The monoisotopic (exact) mass is 226 g/mol. The number of hydrogen-bond donors (Lipinski definition) is 0. The summed E-state index contributed by atoms with van der Waals surface area (Å²) in [7, 11) is 1.38. The van der Waals surface area contributed by atoms with Gasteiger partial charge in [-0.3, -0.25) is 4.79 Å². The topological polar surface area (TPSA) is 54.0 Å². The Balaban J connectivity index is 1.91. The molecule has 0 amide bonds. The SMILES string of the molecule is C=C[C@H]1[C@H]2O[C@H]3C[C@@H]1[C@H](C(=O)OC)[C@H](O3)O2. The standard InChI is InChI=1S/C11H14O5/c1-3-5-6-4-7-14-10(5)16-11(15-7)8(6)9(12)13-2/h3,5-8,10-11H,1,4H2,2H3/t5-,6+,7-,8-,10+,11-/m1/s1. The van der Waals surface area contributed by atoms with Crippen molar-refractivity contribution in [1.82, 2.24) is 0 Å². The Morgan fingerprint density at radius 2 is 2.12 bits per heavy atom. The second kappa shape index (κ2) is 3.55. The van der Waals surface area contributed by atoms with Crippen molar-refractivity contribution in [2.75, 3.05) is 7.11 Å². The van der Waals surface area contributed by atoms with Crippen LogP contribution in [-0.4, -0.2) is 31.9 Å². The van der Waals surface area contributed by atoms with E-state index in [4.69, 9.17) is 18.9 Å². The largest absolute Gasteiger partial charge is 0.469 e. The summed E-state index contributed by atoms with van der Waals surface area (Å²) in [4.78, 5) is 11.7. The maximum absolute atomic E-state index is 11.7. The molecule has 6 atom stereocenters. The molecule has 0 radical (unpaired) electrons. The highest BCUT2D eigenvalue weighted by atomic mass is 16.9. The minimum atomic E-state index is -0.522. The van der Waals surface area contributed by atoms with Crippen LogP contribution in [0.4, 0.5) is 0 Å². The lowest BCUT2D eigenvalue weighted by Crippen LogP contribution is -2.63. The molecule has 4 heterocycles. The van der Waals surface area contributed by atoms with Crippen molar-refractivity contribution >= 4 is 5.97 Å². The van der Waals surface area contributed by atoms with Gasteiger partial charge in [0.2, 0.25) is 0 Å². The fraction of sp³-hybridized carbons (Fsp3) is 0.727. The Morgan fingerprint density at radius 1 is 1.38 bits per heavy atom. The zero-order chi connectivity index (χ0) is 11.3. The molecule has 0 spiro atoms.